The number of hydrogen-bond donors (Lipinski definition) is 0. The van der Waals surface area contributed by atoms with Gasteiger partial charge in [0.15, 0.2) is 0 Å². The van der Waals surface area contributed by atoms with Gasteiger partial charge in [0.25, 0.3) is 0 Å². The molecule has 300 valence electrons. The Hall–Kier alpha value is -8.60. The standard InChI is InChI=1S/2C30H19NO/c1-4-10-27-23(7-1)24-8-2-5-11-28(24)31(27)22-16-13-20(14-17-22)21-15-18-30-26(19-21)25-9-3-6-12-29(25)32-30;1-2-8-22(9-3-1)31-27-12-6-4-10-23(27)25-18-20(14-16-28(25)31)21-15-17-30-26(19-21)24-11-5-7-13-29(24)32-30/h2*1-19H. The Morgan fingerprint density at radius 3 is 1.09 bits per heavy atom. The van der Waals surface area contributed by atoms with Crippen LogP contribution in [0.5, 0.6) is 0 Å². The fourth-order valence-corrected chi connectivity index (χ4v) is 9.82. The van der Waals surface area contributed by atoms with Crippen LogP contribution in [0.4, 0.5) is 0 Å². The van der Waals surface area contributed by atoms with Gasteiger partial charge in [0, 0.05) is 54.5 Å². The van der Waals surface area contributed by atoms with Crippen molar-refractivity contribution in [3.63, 3.8) is 0 Å². The van der Waals surface area contributed by atoms with E-state index in [0.717, 1.165) is 43.9 Å². The maximum absolute atomic E-state index is 6.02. The highest BCUT2D eigenvalue weighted by atomic mass is 16.3. The normalized spacial score (nSPS) is 11.8. The second-order valence-electron chi connectivity index (χ2n) is 16.5. The molecule has 0 aliphatic heterocycles. The van der Waals surface area contributed by atoms with Crippen molar-refractivity contribution in [2.75, 3.05) is 0 Å². The molecule has 0 aliphatic rings. The zero-order valence-corrected chi connectivity index (χ0v) is 34.7. The van der Waals surface area contributed by atoms with Crippen LogP contribution < -0.4 is 0 Å². The molecule has 0 atom stereocenters. The third-order valence-electron chi connectivity index (χ3n) is 12.8. The second-order valence-corrected chi connectivity index (χ2v) is 16.5. The maximum atomic E-state index is 6.02. The molecule has 0 amide bonds. The van der Waals surface area contributed by atoms with Gasteiger partial charge in [-0.05, 0) is 113 Å². The molecule has 0 unspecified atom stereocenters. The van der Waals surface area contributed by atoms with E-state index in [1.54, 1.807) is 0 Å². The van der Waals surface area contributed by atoms with Crippen molar-refractivity contribution in [1.29, 1.82) is 0 Å². The fraction of sp³-hybridized carbons (Fsp3) is 0. The Labute approximate surface area is 368 Å². The molecule has 64 heavy (non-hydrogen) atoms. The quantitative estimate of drug-likeness (QED) is 0.177. The van der Waals surface area contributed by atoms with Crippen molar-refractivity contribution >= 4 is 87.5 Å². The average Bonchev–Trinajstić information content (AvgIpc) is 4.12. The summed E-state index contributed by atoms with van der Waals surface area (Å²) in [4.78, 5) is 0. The summed E-state index contributed by atoms with van der Waals surface area (Å²) in [6.45, 7) is 0. The van der Waals surface area contributed by atoms with Crippen LogP contribution in [-0.2, 0) is 0 Å². The summed E-state index contributed by atoms with van der Waals surface area (Å²) < 4.78 is 16.7. The number of hydrogen-bond acceptors (Lipinski definition) is 2. The van der Waals surface area contributed by atoms with Gasteiger partial charge in [0.1, 0.15) is 22.3 Å². The minimum absolute atomic E-state index is 0.928. The van der Waals surface area contributed by atoms with E-state index in [1.807, 2.05) is 24.3 Å². The summed E-state index contributed by atoms with van der Waals surface area (Å²) >= 11 is 0. The van der Waals surface area contributed by atoms with Crippen LogP contribution in [0.25, 0.3) is 121 Å². The van der Waals surface area contributed by atoms with Gasteiger partial charge in [-0.15, -0.1) is 0 Å². The van der Waals surface area contributed by atoms with E-state index in [1.165, 1.54) is 77.2 Å². The molecule has 4 nitrogen and oxygen atoms in total. The topological polar surface area (TPSA) is 36.1 Å². The lowest BCUT2D eigenvalue weighted by Gasteiger charge is -2.09. The van der Waals surface area contributed by atoms with Crippen molar-refractivity contribution < 1.29 is 8.83 Å². The number of furan rings is 2. The van der Waals surface area contributed by atoms with Gasteiger partial charge in [-0.1, -0.05) is 140 Å². The molecule has 10 aromatic carbocycles. The SMILES string of the molecule is c1ccc(-n2c3ccccc3c3cc(-c4ccc5oc6ccccc6c5c4)ccc32)cc1.c1ccc2c(c1)oc1ccc(-c3ccc(-n4c5ccccc5c5ccccc54)cc3)cc12. The average molecular weight is 819 g/mol. The lowest BCUT2D eigenvalue weighted by Crippen LogP contribution is -1.93. The van der Waals surface area contributed by atoms with E-state index in [2.05, 4.69) is 215 Å². The van der Waals surface area contributed by atoms with Crippen LogP contribution in [-0.4, -0.2) is 9.13 Å². The summed E-state index contributed by atoms with van der Waals surface area (Å²) in [5.41, 5.74) is 15.8. The monoisotopic (exact) mass is 818 g/mol. The van der Waals surface area contributed by atoms with Crippen molar-refractivity contribution in [3.05, 3.63) is 231 Å². The van der Waals surface area contributed by atoms with E-state index in [0.29, 0.717) is 0 Å². The Balaban J connectivity index is 0.000000129. The first-order valence-corrected chi connectivity index (χ1v) is 21.7. The Kier molecular flexibility index (Phi) is 8.18. The Morgan fingerprint density at radius 1 is 0.219 bits per heavy atom. The van der Waals surface area contributed by atoms with Crippen LogP contribution in [0.2, 0.25) is 0 Å². The summed E-state index contributed by atoms with van der Waals surface area (Å²) in [6.07, 6.45) is 0. The molecule has 0 aliphatic carbocycles. The van der Waals surface area contributed by atoms with Gasteiger partial charge in [-0.3, -0.25) is 0 Å². The molecule has 4 heteroatoms. The van der Waals surface area contributed by atoms with Crippen LogP contribution >= 0.6 is 0 Å². The molecule has 0 saturated heterocycles. The van der Waals surface area contributed by atoms with Gasteiger partial charge in [0.05, 0.1) is 22.1 Å². The molecular weight excluding hydrogens is 781 g/mol. The zero-order valence-electron chi connectivity index (χ0n) is 34.7. The van der Waals surface area contributed by atoms with Crippen LogP contribution in [0.1, 0.15) is 0 Å². The van der Waals surface area contributed by atoms with Gasteiger partial charge >= 0.3 is 0 Å². The Bertz CT molecular complexity index is 4020. The number of benzene rings is 10. The van der Waals surface area contributed by atoms with Crippen LogP contribution in [0.3, 0.4) is 0 Å². The largest absolute Gasteiger partial charge is 0.456 e. The molecule has 0 spiro atoms. The molecule has 0 saturated carbocycles. The van der Waals surface area contributed by atoms with E-state index in [9.17, 15) is 0 Å². The predicted molar refractivity (Wildman–Crippen MR) is 267 cm³/mol. The van der Waals surface area contributed by atoms with Gasteiger partial charge < -0.3 is 18.0 Å². The molecule has 4 heterocycles. The molecular formula is C60H38N2O2. The van der Waals surface area contributed by atoms with E-state index >= 15 is 0 Å². The van der Waals surface area contributed by atoms with Crippen molar-refractivity contribution in [2.24, 2.45) is 0 Å². The smallest absolute Gasteiger partial charge is 0.135 e. The van der Waals surface area contributed by atoms with Crippen molar-refractivity contribution in [2.45, 2.75) is 0 Å². The predicted octanol–water partition coefficient (Wildman–Crippen LogP) is 16.7. The number of fused-ring (bicyclic) bond motifs is 12. The van der Waals surface area contributed by atoms with Gasteiger partial charge in [0.2, 0.25) is 0 Å². The lowest BCUT2D eigenvalue weighted by atomic mass is 10.0. The van der Waals surface area contributed by atoms with Crippen LogP contribution in [0, 0.1) is 0 Å². The molecule has 0 bridgehead atoms. The van der Waals surface area contributed by atoms with E-state index < -0.39 is 0 Å². The highest BCUT2D eigenvalue weighted by molar-refractivity contribution is 6.12. The first-order valence-electron chi connectivity index (χ1n) is 21.7. The minimum atomic E-state index is 0.928. The first kappa shape index (κ1) is 36.1. The molecule has 4 aromatic heterocycles. The summed E-state index contributed by atoms with van der Waals surface area (Å²) in [7, 11) is 0. The van der Waals surface area contributed by atoms with Gasteiger partial charge in [-0.25, -0.2) is 0 Å². The van der Waals surface area contributed by atoms with E-state index in [4.69, 9.17) is 8.83 Å². The number of rotatable bonds is 4. The minimum Gasteiger partial charge on any atom is -0.456 e. The third-order valence-corrected chi connectivity index (χ3v) is 12.8. The third kappa shape index (κ3) is 5.77. The number of para-hydroxylation sites is 6. The zero-order chi connectivity index (χ0) is 42.1. The number of nitrogens with zero attached hydrogens (tertiary/aromatic N) is 2. The summed E-state index contributed by atoms with van der Waals surface area (Å²) in [6, 6.07) is 81.5. The van der Waals surface area contributed by atoms with Gasteiger partial charge in [-0.2, -0.15) is 0 Å². The van der Waals surface area contributed by atoms with Crippen molar-refractivity contribution in [3.8, 4) is 33.6 Å². The molecule has 0 N–H and O–H groups in total. The highest BCUT2D eigenvalue weighted by Gasteiger charge is 2.15. The highest BCUT2D eigenvalue weighted by Crippen LogP contribution is 2.38. The lowest BCUT2D eigenvalue weighted by molar-refractivity contribution is 0.668. The molecule has 0 fully saturated rings. The number of aromatic nitrogens is 2. The molecule has 14 rings (SSSR count). The first-order chi connectivity index (χ1) is 31.7. The maximum Gasteiger partial charge on any atom is 0.135 e. The Morgan fingerprint density at radius 2 is 0.562 bits per heavy atom. The fourth-order valence-electron chi connectivity index (χ4n) is 9.82. The second kappa shape index (κ2) is 14.5. The summed E-state index contributed by atoms with van der Waals surface area (Å²) in [5.74, 6) is 0. The molecule has 0 radical (unpaired) electrons. The van der Waals surface area contributed by atoms with E-state index in [-0.39, 0.29) is 0 Å². The molecule has 14 aromatic rings. The summed E-state index contributed by atoms with van der Waals surface area (Å²) in [5, 5.41) is 9.72. The van der Waals surface area contributed by atoms with Crippen molar-refractivity contribution in [1.82, 2.24) is 9.13 Å². The van der Waals surface area contributed by atoms with Crippen LogP contribution in [0.15, 0.2) is 239 Å².